The van der Waals surface area contributed by atoms with Crippen molar-refractivity contribution in [3.8, 4) is 0 Å². The highest BCUT2D eigenvalue weighted by atomic mass is 32.2. The van der Waals surface area contributed by atoms with E-state index in [1.54, 1.807) is 0 Å². The summed E-state index contributed by atoms with van der Waals surface area (Å²) in [5.74, 6) is 3.60. The molecule has 15 heavy (non-hydrogen) atoms. The molecule has 2 aliphatic heterocycles. The third-order valence-corrected chi connectivity index (χ3v) is 4.57. The third-order valence-electron chi connectivity index (χ3n) is 3.20. The Morgan fingerprint density at radius 3 is 3.07 bits per heavy atom. The average molecular weight is 224 g/mol. The first-order valence-corrected chi connectivity index (χ1v) is 6.69. The number of thioether (sulfide) groups is 1. The standard InChI is InChI=1S/C10H16N4S/c1-7-9-12-13-10(8-3-2-6-15-8)14(9)5-4-11-7/h7-8,11H,2-6H2,1H3. The average Bonchev–Trinajstić information content (AvgIpc) is 2.85. The first kappa shape index (κ1) is 9.66. The summed E-state index contributed by atoms with van der Waals surface area (Å²) in [6.45, 7) is 4.22. The number of nitrogens with one attached hydrogen (secondary N) is 1. The summed E-state index contributed by atoms with van der Waals surface area (Å²) in [5.41, 5.74) is 0. The molecule has 0 saturated carbocycles. The monoisotopic (exact) mass is 224 g/mol. The lowest BCUT2D eigenvalue weighted by atomic mass is 10.2. The lowest BCUT2D eigenvalue weighted by molar-refractivity contribution is 0.428. The van der Waals surface area contributed by atoms with E-state index in [-0.39, 0.29) is 0 Å². The van der Waals surface area contributed by atoms with Gasteiger partial charge in [-0.15, -0.1) is 10.2 Å². The molecule has 5 heteroatoms. The van der Waals surface area contributed by atoms with Crippen LogP contribution in [-0.4, -0.2) is 27.1 Å². The van der Waals surface area contributed by atoms with Crippen molar-refractivity contribution in [3.63, 3.8) is 0 Å². The summed E-state index contributed by atoms with van der Waals surface area (Å²) in [6.07, 6.45) is 2.59. The second-order valence-corrected chi connectivity index (χ2v) is 5.56. The molecule has 0 aromatic carbocycles. The summed E-state index contributed by atoms with van der Waals surface area (Å²) in [7, 11) is 0. The van der Waals surface area contributed by atoms with Gasteiger partial charge in [0.25, 0.3) is 0 Å². The highest BCUT2D eigenvalue weighted by molar-refractivity contribution is 7.99. The first-order valence-electron chi connectivity index (χ1n) is 5.64. The zero-order chi connectivity index (χ0) is 10.3. The van der Waals surface area contributed by atoms with Gasteiger partial charge in [0.2, 0.25) is 0 Å². The van der Waals surface area contributed by atoms with Crippen LogP contribution in [0.5, 0.6) is 0 Å². The zero-order valence-electron chi connectivity index (χ0n) is 8.94. The Kier molecular flexibility index (Phi) is 2.44. The van der Waals surface area contributed by atoms with E-state index < -0.39 is 0 Å². The maximum atomic E-state index is 4.38. The van der Waals surface area contributed by atoms with E-state index in [0.29, 0.717) is 11.3 Å². The summed E-state index contributed by atoms with van der Waals surface area (Å²) < 4.78 is 2.32. The van der Waals surface area contributed by atoms with Crippen LogP contribution in [-0.2, 0) is 6.54 Å². The van der Waals surface area contributed by atoms with E-state index in [4.69, 9.17) is 0 Å². The Balaban J connectivity index is 1.95. The van der Waals surface area contributed by atoms with Gasteiger partial charge in [0.15, 0.2) is 0 Å². The number of rotatable bonds is 1. The Labute approximate surface area is 93.8 Å². The summed E-state index contributed by atoms with van der Waals surface area (Å²) in [6, 6.07) is 0.353. The van der Waals surface area contributed by atoms with Crippen molar-refractivity contribution >= 4 is 11.8 Å². The van der Waals surface area contributed by atoms with E-state index in [9.17, 15) is 0 Å². The lowest BCUT2D eigenvalue weighted by Gasteiger charge is -2.23. The van der Waals surface area contributed by atoms with Gasteiger partial charge in [-0.2, -0.15) is 11.8 Å². The fourth-order valence-electron chi connectivity index (χ4n) is 2.38. The van der Waals surface area contributed by atoms with Crippen molar-refractivity contribution < 1.29 is 0 Å². The van der Waals surface area contributed by atoms with E-state index in [2.05, 4.69) is 27.0 Å². The molecule has 1 aromatic rings. The molecule has 2 atom stereocenters. The largest absolute Gasteiger partial charge is 0.311 e. The minimum atomic E-state index is 0.353. The number of aromatic nitrogens is 3. The van der Waals surface area contributed by atoms with Gasteiger partial charge in [-0.1, -0.05) is 0 Å². The number of nitrogens with zero attached hydrogens (tertiary/aromatic N) is 3. The van der Waals surface area contributed by atoms with Crippen molar-refractivity contribution in [2.24, 2.45) is 0 Å². The molecule has 0 radical (unpaired) electrons. The summed E-state index contributed by atoms with van der Waals surface area (Å²) in [4.78, 5) is 0. The molecule has 82 valence electrons. The maximum absolute atomic E-state index is 4.38. The molecule has 2 unspecified atom stereocenters. The Morgan fingerprint density at radius 1 is 1.40 bits per heavy atom. The highest BCUT2D eigenvalue weighted by Crippen LogP contribution is 2.39. The smallest absolute Gasteiger partial charge is 0.149 e. The van der Waals surface area contributed by atoms with Crippen LogP contribution in [0, 0.1) is 0 Å². The van der Waals surface area contributed by atoms with Crippen LogP contribution >= 0.6 is 11.8 Å². The van der Waals surface area contributed by atoms with Crippen LogP contribution < -0.4 is 5.32 Å². The van der Waals surface area contributed by atoms with Gasteiger partial charge in [0.1, 0.15) is 11.6 Å². The molecule has 0 spiro atoms. The van der Waals surface area contributed by atoms with Crippen molar-refractivity contribution in [2.45, 2.75) is 37.6 Å². The number of hydrogen-bond donors (Lipinski definition) is 1. The molecule has 1 N–H and O–H groups in total. The van der Waals surface area contributed by atoms with E-state index >= 15 is 0 Å². The van der Waals surface area contributed by atoms with Gasteiger partial charge >= 0.3 is 0 Å². The van der Waals surface area contributed by atoms with Crippen LogP contribution in [0.2, 0.25) is 0 Å². The van der Waals surface area contributed by atoms with Crippen LogP contribution in [0.4, 0.5) is 0 Å². The Bertz CT molecular complexity index is 356. The zero-order valence-corrected chi connectivity index (χ0v) is 9.76. The molecule has 0 bridgehead atoms. The predicted molar refractivity (Wildman–Crippen MR) is 60.9 cm³/mol. The number of hydrogen-bond acceptors (Lipinski definition) is 4. The molecule has 1 aromatic heterocycles. The molecule has 3 heterocycles. The van der Waals surface area contributed by atoms with Crippen molar-refractivity contribution in [1.29, 1.82) is 0 Å². The van der Waals surface area contributed by atoms with E-state index in [1.165, 1.54) is 24.4 Å². The molecule has 2 aliphatic rings. The van der Waals surface area contributed by atoms with E-state index in [1.807, 2.05) is 11.8 Å². The van der Waals surface area contributed by atoms with Crippen molar-refractivity contribution in [2.75, 3.05) is 12.3 Å². The van der Waals surface area contributed by atoms with Gasteiger partial charge in [-0.3, -0.25) is 0 Å². The second-order valence-electron chi connectivity index (χ2n) is 4.25. The molecule has 1 saturated heterocycles. The van der Waals surface area contributed by atoms with Crippen molar-refractivity contribution in [3.05, 3.63) is 11.6 Å². The highest BCUT2D eigenvalue weighted by Gasteiger charge is 2.28. The quantitative estimate of drug-likeness (QED) is 0.785. The minimum absolute atomic E-state index is 0.353. The van der Waals surface area contributed by atoms with Gasteiger partial charge in [0.05, 0.1) is 11.3 Å². The second kappa shape index (κ2) is 3.79. The fraction of sp³-hybridized carbons (Fsp3) is 0.800. The molecular weight excluding hydrogens is 208 g/mol. The molecule has 3 rings (SSSR count). The molecule has 0 amide bonds. The number of fused-ring (bicyclic) bond motifs is 1. The van der Waals surface area contributed by atoms with Crippen LogP contribution in [0.15, 0.2) is 0 Å². The third kappa shape index (κ3) is 1.58. The summed E-state index contributed by atoms with van der Waals surface area (Å²) in [5, 5.41) is 12.7. The SMILES string of the molecule is CC1NCCn2c1nnc2C1CCCS1. The predicted octanol–water partition coefficient (Wildman–Crippen LogP) is 1.51. The van der Waals surface area contributed by atoms with Gasteiger partial charge in [-0.25, -0.2) is 0 Å². The van der Waals surface area contributed by atoms with Crippen LogP contribution in [0.1, 0.15) is 42.7 Å². The minimum Gasteiger partial charge on any atom is -0.311 e. The Morgan fingerprint density at radius 2 is 2.27 bits per heavy atom. The normalized spacial score (nSPS) is 30.5. The van der Waals surface area contributed by atoms with Gasteiger partial charge < -0.3 is 9.88 Å². The van der Waals surface area contributed by atoms with Crippen molar-refractivity contribution in [1.82, 2.24) is 20.1 Å². The fourth-order valence-corrected chi connectivity index (χ4v) is 3.66. The molecule has 1 fully saturated rings. The lowest BCUT2D eigenvalue weighted by Crippen LogP contribution is -2.32. The summed E-state index contributed by atoms with van der Waals surface area (Å²) >= 11 is 2.03. The Hall–Kier alpha value is -0.550. The van der Waals surface area contributed by atoms with Crippen LogP contribution in [0.3, 0.4) is 0 Å². The maximum Gasteiger partial charge on any atom is 0.149 e. The van der Waals surface area contributed by atoms with Gasteiger partial charge in [0, 0.05) is 13.1 Å². The van der Waals surface area contributed by atoms with E-state index in [0.717, 1.165) is 18.9 Å². The molecule has 0 aliphatic carbocycles. The molecule has 4 nitrogen and oxygen atoms in total. The van der Waals surface area contributed by atoms with Gasteiger partial charge in [-0.05, 0) is 25.5 Å². The van der Waals surface area contributed by atoms with Crippen LogP contribution in [0.25, 0.3) is 0 Å². The first-order chi connectivity index (χ1) is 7.36. The molecular formula is C10H16N4S. The topological polar surface area (TPSA) is 42.7 Å².